The van der Waals surface area contributed by atoms with E-state index in [0.717, 1.165) is 5.56 Å². The first-order chi connectivity index (χ1) is 10.6. The molecule has 1 rings (SSSR count). The number of hydrogen-bond donors (Lipinski definition) is 1. The molecule has 0 heterocycles. The molecule has 0 bridgehead atoms. The Balaban J connectivity index is 2.63. The van der Waals surface area contributed by atoms with Crippen LogP contribution in [-0.2, 0) is 19.7 Å². The number of methoxy groups -OCH3 is 1. The zero-order valence-corrected chi connectivity index (χ0v) is 14.8. The van der Waals surface area contributed by atoms with Crippen LogP contribution in [0.25, 0.3) is 0 Å². The van der Waals surface area contributed by atoms with Crippen LogP contribution in [0, 0.1) is 0 Å². The van der Waals surface area contributed by atoms with Gasteiger partial charge in [-0.3, -0.25) is 9.59 Å². The van der Waals surface area contributed by atoms with Crippen LogP contribution in [-0.4, -0.2) is 31.1 Å². The van der Waals surface area contributed by atoms with Crippen molar-refractivity contribution in [1.29, 1.82) is 0 Å². The number of rotatable bonds is 6. The topological polar surface area (TPSA) is 64.6 Å². The largest absolute Gasteiger partial charge is 0.481 e. The Bertz CT molecular complexity index is 548. The SMILES string of the molecule is COC(=O)CC(C)NC(=O)C(C)Oc1cccc(C(C)(C)C)c1. The van der Waals surface area contributed by atoms with Gasteiger partial charge < -0.3 is 14.8 Å². The molecule has 2 atom stereocenters. The van der Waals surface area contributed by atoms with Crippen LogP contribution < -0.4 is 10.1 Å². The summed E-state index contributed by atoms with van der Waals surface area (Å²) in [7, 11) is 1.32. The van der Waals surface area contributed by atoms with E-state index in [-0.39, 0.29) is 29.8 Å². The molecular weight excluding hydrogens is 294 g/mol. The van der Waals surface area contributed by atoms with Crippen molar-refractivity contribution in [2.75, 3.05) is 7.11 Å². The lowest BCUT2D eigenvalue weighted by Gasteiger charge is -2.21. The van der Waals surface area contributed by atoms with Gasteiger partial charge in [-0.15, -0.1) is 0 Å². The van der Waals surface area contributed by atoms with Gasteiger partial charge in [0.05, 0.1) is 13.5 Å². The lowest BCUT2D eigenvalue weighted by molar-refractivity contribution is -0.141. The highest BCUT2D eigenvalue weighted by molar-refractivity contribution is 5.81. The third-order valence-corrected chi connectivity index (χ3v) is 3.47. The van der Waals surface area contributed by atoms with Crippen molar-refractivity contribution in [3.05, 3.63) is 29.8 Å². The minimum atomic E-state index is -0.648. The van der Waals surface area contributed by atoms with Crippen LogP contribution in [0.5, 0.6) is 5.75 Å². The molecule has 128 valence electrons. The van der Waals surface area contributed by atoms with Crippen LogP contribution in [0.1, 0.15) is 46.6 Å². The zero-order chi connectivity index (χ0) is 17.6. The van der Waals surface area contributed by atoms with Gasteiger partial charge >= 0.3 is 5.97 Å². The fourth-order valence-corrected chi connectivity index (χ4v) is 2.04. The van der Waals surface area contributed by atoms with Crippen LogP contribution in [0.3, 0.4) is 0 Å². The summed E-state index contributed by atoms with van der Waals surface area (Å²) < 4.78 is 10.3. The van der Waals surface area contributed by atoms with E-state index < -0.39 is 6.10 Å². The van der Waals surface area contributed by atoms with E-state index in [1.54, 1.807) is 13.8 Å². The van der Waals surface area contributed by atoms with Gasteiger partial charge in [-0.1, -0.05) is 32.9 Å². The average Bonchev–Trinajstić information content (AvgIpc) is 2.46. The molecule has 0 aliphatic carbocycles. The molecule has 23 heavy (non-hydrogen) atoms. The van der Waals surface area contributed by atoms with Crippen molar-refractivity contribution in [3.63, 3.8) is 0 Å². The predicted octanol–water partition coefficient (Wildman–Crippen LogP) is 2.82. The number of amides is 1. The summed E-state index contributed by atoms with van der Waals surface area (Å²) in [6, 6.07) is 7.43. The highest BCUT2D eigenvalue weighted by Gasteiger charge is 2.20. The third kappa shape index (κ3) is 6.30. The number of carbonyl (C=O) groups is 2. The van der Waals surface area contributed by atoms with Gasteiger partial charge in [0.25, 0.3) is 5.91 Å². The van der Waals surface area contributed by atoms with E-state index in [1.165, 1.54) is 7.11 Å². The third-order valence-electron chi connectivity index (χ3n) is 3.47. The molecule has 1 aromatic carbocycles. The summed E-state index contributed by atoms with van der Waals surface area (Å²) in [5, 5.41) is 2.75. The Morgan fingerprint density at radius 2 is 1.87 bits per heavy atom. The van der Waals surface area contributed by atoms with Gasteiger partial charge in [0.1, 0.15) is 5.75 Å². The number of hydrogen-bond acceptors (Lipinski definition) is 4. The van der Waals surface area contributed by atoms with Crippen LogP contribution in [0.15, 0.2) is 24.3 Å². The van der Waals surface area contributed by atoms with Crippen molar-refractivity contribution >= 4 is 11.9 Å². The molecule has 1 N–H and O–H groups in total. The van der Waals surface area contributed by atoms with Gasteiger partial charge in [0.15, 0.2) is 6.10 Å². The highest BCUT2D eigenvalue weighted by atomic mass is 16.5. The first-order valence-electron chi connectivity index (χ1n) is 7.78. The molecule has 0 aromatic heterocycles. The van der Waals surface area contributed by atoms with Crippen molar-refractivity contribution in [2.45, 2.75) is 58.6 Å². The quantitative estimate of drug-likeness (QED) is 0.818. The summed E-state index contributed by atoms with van der Waals surface area (Å²) in [6.45, 7) is 9.80. The average molecular weight is 321 g/mol. The Kier molecular flexibility index (Phi) is 6.61. The number of ether oxygens (including phenoxy) is 2. The van der Waals surface area contributed by atoms with Gasteiger partial charge in [-0.2, -0.15) is 0 Å². The summed E-state index contributed by atoms with van der Waals surface area (Å²) in [5.74, 6) is 0.0347. The van der Waals surface area contributed by atoms with Gasteiger partial charge in [0, 0.05) is 6.04 Å². The number of esters is 1. The Labute approximate surface area is 138 Å². The first-order valence-corrected chi connectivity index (χ1v) is 7.78. The fourth-order valence-electron chi connectivity index (χ4n) is 2.04. The first kappa shape index (κ1) is 19.0. The van der Waals surface area contributed by atoms with Crippen LogP contribution >= 0.6 is 0 Å². The van der Waals surface area contributed by atoms with Crippen molar-refractivity contribution < 1.29 is 19.1 Å². The maximum absolute atomic E-state index is 12.1. The second-order valence-corrected chi connectivity index (χ2v) is 6.73. The highest BCUT2D eigenvalue weighted by Crippen LogP contribution is 2.26. The van der Waals surface area contributed by atoms with Crippen molar-refractivity contribution in [1.82, 2.24) is 5.32 Å². The number of carbonyl (C=O) groups excluding carboxylic acids is 2. The molecule has 5 heteroatoms. The molecule has 0 radical (unpaired) electrons. The van der Waals surface area contributed by atoms with Crippen LogP contribution in [0.2, 0.25) is 0 Å². The monoisotopic (exact) mass is 321 g/mol. The van der Waals surface area contributed by atoms with E-state index in [9.17, 15) is 9.59 Å². The molecule has 2 unspecified atom stereocenters. The normalized spacial score (nSPS) is 13.8. The Morgan fingerprint density at radius 1 is 1.22 bits per heavy atom. The molecule has 1 aromatic rings. The lowest BCUT2D eigenvalue weighted by atomic mass is 9.87. The number of benzene rings is 1. The molecule has 5 nitrogen and oxygen atoms in total. The predicted molar refractivity (Wildman–Crippen MR) is 89.5 cm³/mol. The van der Waals surface area contributed by atoms with Gasteiger partial charge in [-0.05, 0) is 37.0 Å². The summed E-state index contributed by atoms with van der Waals surface area (Å²) in [6.07, 6.45) is -0.514. The molecule has 0 saturated heterocycles. The summed E-state index contributed by atoms with van der Waals surface area (Å²) in [5.41, 5.74) is 1.15. The zero-order valence-electron chi connectivity index (χ0n) is 14.8. The van der Waals surface area contributed by atoms with Gasteiger partial charge in [0.2, 0.25) is 0 Å². The molecule has 0 fully saturated rings. The molecule has 1 amide bonds. The van der Waals surface area contributed by atoms with E-state index >= 15 is 0 Å². The van der Waals surface area contributed by atoms with Gasteiger partial charge in [-0.25, -0.2) is 0 Å². The molecule has 0 aliphatic rings. The molecule has 0 aliphatic heterocycles. The van der Waals surface area contributed by atoms with E-state index in [1.807, 2.05) is 24.3 Å². The number of nitrogens with one attached hydrogen (secondary N) is 1. The maximum Gasteiger partial charge on any atom is 0.307 e. The summed E-state index contributed by atoms with van der Waals surface area (Å²) in [4.78, 5) is 23.3. The second-order valence-electron chi connectivity index (χ2n) is 6.73. The van der Waals surface area contributed by atoms with E-state index in [2.05, 4.69) is 30.8 Å². The Hall–Kier alpha value is -2.04. The van der Waals surface area contributed by atoms with Crippen LogP contribution in [0.4, 0.5) is 0 Å². The maximum atomic E-state index is 12.1. The fraction of sp³-hybridized carbons (Fsp3) is 0.556. The van der Waals surface area contributed by atoms with E-state index in [4.69, 9.17) is 4.74 Å². The molecule has 0 spiro atoms. The molecule has 0 saturated carbocycles. The minimum Gasteiger partial charge on any atom is -0.481 e. The standard InChI is InChI=1S/C18H27NO4/c1-12(10-16(20)22-6)19-17(21)13(2)23-15-9-7-8-14(11-15)18(3,4)5/h7-9,11-13H,10H2,1-6H3,(H,19,21). The minimum absolute atomic E-state index is 0.0138. The second kappa shape index (κ2) is 7.99. The Morgan fingerprint density at radius 3 is 2.43 bits per heavy atom. The van der Waals surface area contributed by atoms with Crippen molar-refractivity contribution in [2.24, 2.45) is 0 Å². The van der Waals surface area contributed by atoms with E-state index in [0.29, 0.717) is 5.75 Å². The summed E-state index contributed by atoms with van der Waals surface area (Å²) >= 11 is 0. The lowest BCUT2D eigenvalue weighted by Crippen LogP contribution is -2.42. The molecular formula is C18H27NO4. The smallest absolute Gasteiger partial charge is 0.307 e. The van der Waals surface area contributed by atoms with Crippen molar-refractivity contribution in [3.8, 4) is 5.75 Å².